The summed E-state index contributed by atoms with van der Waals surface area (Å²) in [6.07, 6.45) is -8.81. The van der Waals surface area contributed by atoms with Gasteiger partial charge in [0.25, 0.3) is 0 Å². The average Bonchev–Trinajstić information content (AvgIpc) is 2.79. The summed E-state index contributed by atoms with van der Waals surface area (Å²) in [5.74, 6) is 0. The Bertz CT molecular complexity index is 1060. The second-order valence-electron chi connectivity index (χ2n) is 7.77. The van der Waals surface area contributed by atoms with Gasteiger partial charge >= 0.3 is 12.4 Å². The fraction of sp³-hybridized carbons (Fsp3) is 0.391. The van der Waals surface area contributed by atoms with E-state index in [-0.39, 0.29) is 11.1 Å². The number of halogens is 7. The Labute approximate surface area is 202 Å². The van der Waals surface area contributed by atoms with Gasteiger partial charge in [0, 0.05) is 38.1 Å². The summed E-state index contributed by atoms with van der Waals surface area (Å²) in [6.45, 7) is 3.92. The Morgan fingerprint density at radius 1 is 0.765 bits per heavy atom. The Morgan fingerprint density at radius 2 is 1.21 bits per heavy atom. The molecule has 1 aliphatic rings. The van der Waals surface area contributed by atoms with Crippen molar-refractivity contribution in [3.8, 4) is 12.1 Å². The summed E-state index contributed by atoms with van der Waals surface area (Å²) in [5.41, 5.74) is -0.470. The van der Waals surface area contributed by atoms with Crippen molar-refractivity contribution in [2.45, 2.75) is 24.2 Å². The molecule has 0 aliphatic carbocycles. The van der Waals surface area contributed by atoms with Gasteiger partial charge in [0.15, 0.2) is 0 Å². The van der Waals surface area contributed by atoms with Crippen LogP contribution < -0.4 is 0 Å². The topological polar surface area (TPSA) is 54.1 Å². The van der Waals surface area contributed by atoms with Crippen LogP contribution in [0.25, 0.3) is 0 Å². The monoisotopic (exact) mass is 546 g/mol. The normalized spacial score (nSPS) is 15.1. The number of likely N-dealkylation sites (N-methyl/N-ethyl adjacent to an activating group) is 1. The number of nitrogens with zero attached hydrogens (tertiary/aromatic N) is 4. The van der Waals surface area contributed by atoms with Gasteiger partial charge in [0.05, 0.1) is 34.4 Å². The highest BCUT2D eigenvalue weighted by Gasteiger charge is 2.32. The summed E-state index contributed by atoms with van der Waals surface area (Å²) in [4.78, 5) is 4.29. The molecule has 4 nitrogen and oxygen atoms in total. The van der Waals surface area contributed by atoms with Crippen LogP contribution in [0.3, 0.4) is 0 Å². The first-order valence-electron chi connectivity index (χ1n) is 10.0. The summed E-state index contributed by atoms with van der Waals surface area (Å²) < 4.78 is 75.2. The van der Waals surface area contributed by atoms with Crippen LogP contribution in [0.1, 0.15) is 33.4 Å². The number of hydrogen-bond donors (Lipinski definition) is 0. The van der Waals surface area contributed by atoms with Crippen molar-refractivity contribution in [2.75, 3.05) is 33.2 Å². The number of alkyl halides is 7. The van der Waals surface area contributed by atoms with E-state index in [0.717, 1.165) is 50.4 Å². The summed E-state index contributed by atoms with van der Waals surface area (Å²) in [6, 6.07) is 10.3. The van der Waals surface area contributed by atoms with E-state index in [4.69, 9.17) is 10.5 Å². The van der Waals surface area contributed by atoms with Crippen LogP contribution in [-0.2, 0) is 24.2 Å². The lowest BCUT2D eigenvalue weighted by Gasteiger charge is -2.32. The molecular formula is C23H21BrF6N4. The second kappa shape index (κ2) is 11.7. The highest BCUT2D eigenvalue weighted by atomic mass is 79.9. The van der Waals surface area contributed by atoms with Gasteiger partial charge in [0.2, 0.25) is 0 Å². The van der Waals surface area contributed by atoms with Gasteiger partial charge in [-0.25, -0.2) is 0 Å². The maximum absolute atomic E-state index is 12.8. The molecule has 0 aromatic heterocycles. The third-order valence-electron chi connectivity index (χ3n) is 5.05. The quantitative estimate of drug-likeness (QED) is 0.361. The summed E-state index contributed by atoms with van der Waals surface area (Å²) >= 11 is 3.04. The van der Waals surface area contributed by atoms with E-state index in [2.05, 4.69) is 25.7 Å². The maximum atomic E-state index is 12.8. The highest BCUT2D eigenvalue weighted by molar-refractivity contribution is 9.08. The number of piperazine rings is 1. The molecule has 34 heavy (non-hydrogen) atoms. The molecule has 11 heteroatoms. The lowest BCUT2D eigenvalue weighted by molar-refractivity contribution is -0.138. The van der Waals surface area contributed by atoms with Crippen molar-refractivity contribution >= 4 is 15.9 Å². The minimum atomic E-state index is -4.41. The first kappa shape index (κ1) is 27.6. The van der Waals surface area contributed by atoms with E-state index in [0.29, 0.717) is 23.0 Å². The number of hydrogen-bond acceptors (Lipinski definition) is 4. The molecule has 1 saturated heterocycles. The Kier molecular flexibility index (Phi) is 9.51. The van der Waals surface area contributed by atoms with Gasteiger partial charge in [-0.05, 0) is 54.6 Å². The molecule has 0 unspecified atom stereocenters. The van der Waals surface area contributed by atoms with Gasteiger partial charge in [-0.1, -0.05) is 15.9 Å². The van der Waals surface area contributed by atoms with E-state index in [9.17, 15) is 26.3 Å². The van der Waals surface area contributed by atoms with E-state index < -0.39 is 23.5 Å². The third kappa shape index (κ3) is 8.32. The molecule has 2 aromatic rings. The maximum Gasteiger partial charge on any atom is 0.416 e. The molecule has 0 spiro atoms. The molecule has 3 rings (SSSR count). The van der Waals surface area contributed by atoms with E-state index in [1.54, 1.807) is 12.1 Å². The molecule has 182 valence electrons. The molecule has 0 N–H and O–H groups in total. The smallest absolute Gasteiger partial charge is 0.304 e. The van der Waals surface area contributed by atoms with Gasteiger partial charge in [0.1, 0.15) is 0 Å². The molecule has 0 amide bonds. The van der Waals surface area contributed by atoms with Crippen molar-refractivity contribution in [1.29, 1.82) is 10.5 Å². The predicted molar refractivity (Wildman–Crippen MR) is 118 cm³/mol. The molecule has 1 aliphatic heterocycles. The zero-order valence-electron chi connectivity index (χ0n) is 18.1. The van der Waals surface area contributed by atoms with Gasteiger partial charge < -0.3 is 4.90 Å². The molecule has 0 bridgehead atoms. The van der Waals surface area contributed by atoms with Gasteiger partial charge in [-0.3, -0.25) is 4.90 Å². The van der Waals surface area contributed by atoms with Crippen LogP contribution in [0.4, 0.5) is 26.3 Å². The Balaban J connectivity index is 0.000000257. The highest BCUT2D eigenvalue weighted by Crippen LogP contribution is 2.32. The predicted octanol–water partition coefficient (Wildman–Crippen LogP) is 5.80. The SMILES string of the molecule is CN1CCN(Cc2cc(C#N)cc(C(F)(F)F)c2)CC1.N#Cc1cc(CBr)cc(C(F)(F)F)c1. The van der Waals surface area contributed by atoms with Crippen molar-refractivity contribution in [3.63, 3.8) is 0 Å². The average molecular weight is 547 g/mol. The number of rotatable bonds is 3. The standard InChI is InChI=1S/C14H16F3N3.C9H5BrF3N/c1-19-2-4-20(5-3-19)10-12-6-11(9-18)7-13(8-12)14(15,16)17;10-4-6-1-7(5-14)3-8(2-6)9(11,12)13/h6-8H,2-5,10H2,1H3;1-3H,4H2. The first-order valence-corrected chi connectivity index (χ1v) is 11.2. The van der Waals surface area contributed by atoms with Crippen LogP contribution >= 0.6 is 15.9 Å². The van der Waals surface area contributed by atoms with Crippen LogP contribution in [0, 0.1) is 22.7 Å². The van der Waals surface area contributed by atoms with Crippen LogP contribution in [0.15, 0.2) is 36.4 Å². The molecule has 1 heterocycles. The minimum Gasteiger partial charge on any atom is -0.304 e. The lowest BCUT2D eigenvalue weighted by Crippen LogP contribution is -2.43. The Morgan fingerprint density at radius 3 is 1.62 bits per heavy atom. The van der Waals surface area contributed by atoms with Crippen molar-refractivity contribution in [1.82, 2.24) is 9.80 Å². The fourth-order valence-corrected chi connectivity index (χ4v) is 3.60. The first-order chi connectivity index (χ1) is 15.8. The molecule has 0 radical (unpaired) electrons. The zero-order chi connectivity index (χ0) is 25.5. The molecule has 1 fully saturated rings. The summed E-state index contributed by atoms with van der Waals surface area (Å²) in [5, 5.41) is 17.7. The largest absolute Gasteiger partial charge is 0.416 e. The fourth-order valence-electron chi connectivity index (χ4n) is 3.27. The van der Waals surface area contributed by atoms with Crippen LogP contribution in [-0.4, -0.2) is 43.0 Å². The van der Waals surface area contributed by atoms with Crippen molar-refractivity contribution in [2.24, 2.45) is 0 Å². The third-order valence-corrected chi connectivity index (χ3v) is 5.70. The number of nitriles is 2. The molecular weight excluding hydrogens is 526 g/mol. The number of benzene rings is 2. The Hall–Kier alpha value is -2.60. The van der Waals surface area contributed by atoms with Gasteiger partial charge in [-0.2, -0.15) is 36.9 Å². The van der Waals surface area contributed by atoms with Crippen LogP contribution in [0.5, 0.6) is 0 Å². The van der Waals surface area contributed by atoms with Crippen molar-refractivity contribution in [3.05, 3.63) is 69.8 Å². The van der Waals surface area contributed by atoms with Crippen molar-refractivity contribution < 1.29 is 26.3 Å². The molecule has 0 saturated carbocycles. The second-order valence-corrected chi connectivity index (χ2v) is 8.33. The van der Waals surface area contributed by atoms with E-state index >= 15 is 0 Å². The van der Waals surface area contributed by atoms with E-state index in [1.165, 1.54) is 12.1 Å². The summed E-state index contributed by atoms with van der Waals surface area (Å²) in [7, 11) is 2.02. The lowest BCUT2D eigenvalue weighted by atomic mass is 10.1. The van der Waals surface area contributed by atoms with Crippen LogP contribution in [0.2, 0.25) is 0 Å². The molecule has 0 atom stereocenters. The van der Waals surface area contributed by atoms with Gasteiger partial charge in [-0.15, -0.1) is 0 Å². The van der Waals surface area contributed by atoms with E-state index in [1.807, 2.05) is 7.05 Å². The zero-order valence-corrected chi connectivity index (χ0v) is 19.7. The minimum absolute atomic E-state index is 0.0225. The molecule has 2 aromatic carbocycles.